The first-order valence-electron chi connectivity index (χ1n) is 9.00. The minimum absolute atomic E-state index is 0.158. The Hall–Kier alpha value is -2.81. The highest BCUT2D eigenvalue weighted by Gasteiger charge is 2.38. The second-order valence-electron chi connectivity index (χ2n) is 6.93. The first-order valence-corrected chi connectivity index (χ1v) is 9.00. The van der Waals surface area contributed by atoms with Crippen molar-refractivity contribution in [1.82, 2.24) is 25.3 Å². The predicted octanol–water partition coefficient (Wildman–Crippen LogP) is 0.947. The van der Waals surface area contributed by atoms with Gasteiger partial charge in [0.15, 0.2) is 11.9 Å². The second kappa shape index (κ2) is 7.43. The smallest absolute Gasteiger partial charge is 0.254 e. The van der Waals surface area contributed by atoms with Gasteiger partial charge >= 0.3 is 0 Å². The van der Waals surface area contributed by atoms with Gasteiger partial charge in [-0.2, -0.15) is 4.98 Å². The summed E-state index contributed by atoms with van der Waals surface area (Å²) < 4.78 is 10.9. The van der Waals surface area contributed by atoms with Crippen LogP contribution in [0.2, 0.25) is 0 Å². The van der Waals surface area contributed by atoms with Crippen LogP contribution in [0.4, 0.5) is 0 Å². The van der Waals surface area contributed by atoms with Gasteiger partial charge in [-0.15, -0.1) is 0 Å². The number of carbonyl (C=O) groups is 2. The van der Waals surface area contributed by atoms with Crippen LogP contribution in [0.3, 0.4) is 0 Å². The van der Waals surface area contributed by atoms with E-state index < -0.39 is 12.1 Å². The monoisotopic (exact) mass is 371 g/mol. The zero-order valence-electron chi connectivity index (χ0n) is 15.0. The first kappa shape index (κ1) is 17.6. The summed E-state index contributed by atoms with van der Waals surface area (Å²) >= 11 is 0. The van der Waals surface area contributed by atoms with Gasteiger partial charge in [0.1, 0.15) is 6.61 Å². The molecule has 2 fully saturated rings. The summed E-state index contributed by atoms with van der Waals surface area (Å²) in [5.41, 5.74) is 0.712. The molecule has 1 aliphatic heterocycles. The number of nitrogens with one attached hydrogen (secondary N) is 1. The van der Waals surface area contributed by atoms with E-state index in [1.165, 1.54) is 11.3 Å². The van der Waals surface area contributed by atoms with E-state index in [4.69, 9.17) is 9.26 Å². The zero-order valence-corrected chi connectivity index (χ0v) is 15.0. The van der Waals surface area contributed by atoms with Crippen molar-refractivity contribution in [3.63, 3.8) is 0 Å². The zero-order chi connectivity index (χ0) is 18.8. The molecule has 0 spiro atoms. The van der Waals surface area contributed by atoms with Crippen molar-refractivity contribution in [2.24, 2.45) is 0 Å². The maximum absolute atomic E-state index is 12.9. The number of rotatable bonds is 5. The molecule has 1 saturated carbocycles. The molecular formula is C18H21N5O4. The van der Waals surface area contributed by atoms with Gasteiger partial charge in [-0.25, -0.2) is 0 Å². The third kappa shape index (κ3) is 3.68. The molecule has 0 unspecified atom stereocenters. The number of aromatic nitrogens is 3. The van der Waals surface area contributed by atoms with E-state index in [0.717, 1.165) is 12.8 Å². The highest BCUT2D eigenvalue weighted by atomic mass is 16.5. The Bertz CT molecular complexity index is 820. The lowest BCUT2D eigenvalue weighted by molar-refractivity contribution is -0.154. The molecule has 1 N–H and O–H groups in total. The summed E-state index contributed by atoms with van der Waals surface area (Å²) in [7, 11) is 1.65. The minimum atomic E-state index is -0.838. The molecular weight excluding hydrogens is 350 g/mol. The minimum Gasteiger partial charge on any atom is -0.356 e. The van der Waals surface area contributed by atoms with E-state index in [2.05, 4.69) is 20.4 Å². The number of morpholine rings is 1. The summed E-state index contributed by atoms with van der Waals surface area (Å²) in [5, 5.41) is 6.79. The number of amides is 2. The average molecular weight is 371 g/mol. The van der Waals surface area contributed by atoms with Crippen molar-refractivity contribution in [2.45, 2.75) is 43.9 Å². The number of ether oxygens (including phenoxy) is 1. The third-order valence-electron chi connectivity index (χ3n) is 4.99. The fourth-order valence-electron chi connectivity index (χ4n) is 3.24. The number of hydrogen-bond acceptors (Lipinski definition) is 7. The lowest BCUT2D eigenvalue weighted by Gasteiger charge is -2.33. The summed E-state index contributed by atoms with van der Waals surface area (Å²) in [4.78, 5) is 34.7. The van der Waals surface area contributed by atoms with Gasteiger partial charge in [0.05, 0.1) is 12.6 Å². The Morgan fingerprint density at radius 2 is 2.26 bits per heavy atom. The number of carbonyl (C=O) groups excluding carboxylic acids is 2. The topological polar surface area (TPSA) is 110 Å². The molecule has 9 nitrogen and oxygen atoms in total. The molecule has 0 aromatic carbocycles. The van der Waals surface area contributed by atoms with Crippen molar-refractivity contribution < 1.29 is 18.8 Å². The van der Waals surface area contributed by atoms with Crippen LogP contribution in [0.1, 0.15) is 48.5 Å². The standard InChI is InChI=1S/C18H21N5O4/c1-23(9-13-20-17(27-22-13)11-4-2-5-11)18(25)16-15(21-14(24)10-26-16)12-6-3-7-19-8-12/h3,6-8,11,15-16H,2,4-5,9-10H2,1H3,(H,21,24)/t15-,16+/m1/s1. The maximum Gasteiger partial charge on any atom is 0.254 e. The summed E-state index contributed by atoms with van der Waals surface area (Å²) in [6, 6.07) is 2.96. The van der Waals surface area contributed by atoms with E-state index >= 15 is 0 Å². The van der Waals surface area contributed by atoms with Gasteiger partial charge in [0.25, 0.3) is 5.91 Å². The lowest BCUT2D eigenvalue weighted by Crippen LogP contribution is -2.52. The van der Waals surface area contributed by atoms with Crippen molar-refractivity contribution in [3.05, 3.63) is 41.8 Å². The van der Waals surface area contributed by atoms with Gasteiger partial charge in [-0.3, -0.25) is 14.6 Å². The van der Waals surface area contributed by atoms with Gasteiger partial charge in [0, 0.05) is 25.4 Å². The van der Waals surface area contributed by atoms with E-state index in [-0.39, 0.29) is 25.0 Å². The van der Waals surface area contributed by atoms with Crippen molar-refractivity contribution >= 4 is 11.8 Å². The molecule has 1 aliphatic carbocycles. The fourth-order valence-corrected chi connectivity index (χ4v) is 3.24. The van der Waals surface area contributed by atoms with Crippen LogP contribution in [0, 0.1) is 0 Å². The van der Waals surface area contributed by atoms with Crippen LogP contribution < -0.4 is 5.32 Å². The van der Waals surface area contributed by atoms with Crippen LogP contribution in [-0.2, 0) is 20.9 Å². The molecule has 1 saturated heterocycles. The summed E-state index contributed by atoms with van der Waals surface area (Å²) in [6.07, 6.45) is 5.73. The molecule has 27 heavy (non-hydrogen) atoms. The molecule has 4 rings (SSSR count). The van der Waals surface area contributed by atoms with Crippen molar-refractivity contribution in [3.8, 4) is 0 Å². The number of pyridine rings is 1. The van der Waals surface area contributed by atoms with E-state index in [9.17, 15) is 9.59 Å². The Kier molecular flexibility index (Phi) is 4.85. The fraction of sp³-hybridized carbons (Fsp3) is 0.500. The highest BCUT2D eigenvalue weighted by molar-refractivity contribution is 5.86. The number of likely N-dealkylation sites (N-methyl/N-ethyl adjacent to an activating group) is 1. The van der Waals surface area contributed by atoms with Crippen LogP contribution in [0.15, 0.2) is 29.0 Å². The Morgan fingerprint density at radius 1 is 1.41 bits per heavy atom. The third-order valence-corrected chi connectivity index (χ3v) is 4.99. The number of hydrogen-bond donors (Lipinski definition) is 1. The molecule has 2 aromatic heterocycles. The Labute approximate surface area is 156 Å². The van der Waals surface area contributed by atoms with Crippen LogP contribution in [0.25, 0.3) is 0 Å². The van der Waals surface area contributed by atoms with E-state index in [1.807, 2.05) is 0 Å². The molecule has 3 heterocycles. The SMILES string of the molecule is CN(Cc1noc(C2CCC2)n1)C(=O)[C@H]1OCC(=O)N[C@@H]1c1cccnc1. The largest absolute Gasteiger partial charge is 0.356 e. The molecule has 2 amide bonds. The van der Waals surface area contributed by atoms with Crippen LogP contribution >= 0.6 is 0 Å². The quantitative estimate of drug-likeness (QED) is 0.833. The summed E-state index contributed by atoms with van der Waals surface area (Å²) in [5.74, 6) is 0.925. The van der Waals surface area contributed by atoms with Crippen molar-refractivity contribution in [2.75, 3.05) is 13.7 Å². The van der Waals surface area contributed by atoms with E-state index in [1.54, 1.807) is 31.6 Å². The highest BCUT2D eigenvalue weighted by Crippen LogP contribution is 2.35. The molecule has 2 aliphatic rings. The normalized spacial score (nSPS) is 22.8. The molecule has 142 valence electrons. The molecule has 0 bridgehead atoms. The maximum atomic E-state index is 12.9. The lowest BCUT2D eigenvalue weighted by atomic mass is 9.85. The molecule has 2 atom stereocenters. The van der Waals surface area contributed by atoms with Gasteiger partial charge in [0.2, 0.25) is 11.8 Å². The Balaban J connectivity index is 1.46. The Morgan fingerprint density at radius 3 is 2.96 bits per heavy atom. The second-order valence-corrected chi connectivity index (χ2v) is 6.93. The molecule has 2 aromatic rings. The summed E-state index contributed by atoms with van der Waals surface area (Å²) in [6.45, 7) is 0.0532. The molecule has 9 heteroatoms. The van der Waals surface area contributed by atoms with Gasteiger partial charge in [-0.05, 0) is 24.5 Å². The number of nitrogens with zero attached hydrogens (tertiary/aromatic N) is 4. The van der Waals surface area contributed by atoms with E-state index in [0.29, 0.717) is 23.2 Å². The van der Waals surface area contributed by atoms with Gasteiger partial charge < -0.3 is 19.5 Å². The first-order chi connectivity index (χ1) is 13.1. The average Bonchev–Trinajstić information content (AvgIpc) is 3.08. The predicted molar refractivity (Wildman–Crippen MR) is 92.2 cm³/mol. The molecule has 0 radical (unpaired) electrons. The van der Waals surface area contributed by atoms with Crippen LogP contribution in [0.5, 0.6) is 0 Å². The van der Waals surface area contributed by atoms with Crippen molar-refractivity contribution in [1.29, 1.82) is 0 Å². The van der Waals surface area contributed by atoms with Crippen LogP contribution in [-0.4, -0.2) is 51.6 Å². The van der Waals surface area contributed by atoms with Gasteiger partial charge in [-0.1, -0.05) is 17.6 Å².